The summed E-state index contributed by atoms with van der Waals surface area (Å²) in [5.41, 5.74) is 3.64. The van der Waals surface area contributed by atoms with Crippen LogP contribution in [0.4, 0.5) is 0 Å². The van der Waals surface area contributed by atoms with E-state index in [4.69, 9.17) is 11.6 Å². The maximum Gasteiger partial charge on any atom is 0.252 e. The monoisotopic (exact) mass is 390 g/mol. The Bertz CT molecular complexity index is 1170. The minimum atomic E-state index is -3.77. The fraction of sp³-hybridized carbons (Fsp3) is 0.211. The summed E-state index contributed by atoms with van der Waals surface area (Å²) in [6, 6.07) is 10.2. The van der Waals surface area contributed by atoms with Crippen molar-refractivity contribution in [2.45, 2.75) is 32.2 Å². The molecule has 1 heterocycles. The van der Waals surface area contributed by atoms with Gasteiger partial charge in [0.05, 0.1) is 10.4 Å². The van der Waals surface area contributed by atoms with Gasteiger partial charge in [-0.1, -0.05) is 29.3 Å². The highest BCUT2D eigenvalue weighted by Crippen LogP contribution is 2.21. The number of sulfonamides is 1. The van der Waals surface area contributed by atoms with Crippen LogP contribution in [0.3, 0.4) is 0 Å². The molecule has 0 amide bonds. The predicted molar refractivity (Wildman–Crippen MR) is 104 cm³/mol. The number of fused-ring (bicyclic) bond motifs is 1. The molecule has 0 fully saturated rings. The highest BCUT2D eigenvalue weighted by molar-refractivity contribution is 7.89. The highest BCUT2D eigenvalue weighted by Gasteiger charge is 2.16. The lowest BCUT2D eigenvalue weighted by Crippen LogP contribution is -2.27. The number of H-pyrrole nitrogens is 1. The van der Waals surface area contributed by atoms with Gasteiger partial charge in [-0.05, 0) is 61.5 Å². The number of aromatic nitrogens is 1. The molecular formula is C19H19ClN2O3S. The Labute approximate surface area is 157 Å². The number of hydrogen-bond acceptors (Lipinski definition) is 3. The summed E-state index contributed by atoms with van der Waals surface area (Å²) in [5, 5.41) is 1.25. The van der Waals surface area contributed by atoms with Crippen molar-refractivity contribution in [3.63, 3.8) is 0 Å². The molecular weight excluding hydrogens is 372 g/mol. The summed E-state index contributed by atoms with van der Waals surface area (Å²) in [7, 11) is -3.77. The second-order valence-corrected chi connectivity index (χ2v) is 8.58. The first-order chi connectivity index (χ1) is 12.2. The second-order valence-electron chi connectivity index (χ2n) is 6.41. The van der Waals surface area contributed by atoms with Gasteiger partial charge in [-0.25, -0.2) is 13.1 Å². The van der Waals surface area contributed by atoms with Gasteiger partial charge in [0.15, 0.2) is 0 Å². The van der Waals surface area contributed by atoms with E-state index in [0.29, 0.717) is 10.6 Å². The quantitative estimate of drug-likeness (QED) is 0.714. The van der Waals surface area contributed by atoms with E-state index in [9.17, 15) is 13.2 Å². The molecule has 5 nitrogen and oxygen atoms in total. The number of hydrogen-bond donors (Lipinski definition) is 2. The number of aromatic amines is 1. The molecule has 0 aliphatic rings. The van der Waals surface area contributed by atoms with Gasteiger partial charge in [-0.15, -0.1) is 0 Å². The first-order valence-electron chi connectivity index (χ1n) is 8.06. The molecule has 0 radical (unpaired) electrons. The van der Waals surface area contributed by atoms with Crippen LogP contribution in [-0.4, -0.2) is 13.4 Å². The van der Waals surface area contributed by atoms with Gasteiger partial charge < -0.3 is 4.98 Å². The molecule has 0 bridgehead atoms. The van der Waals surface area contributed by atoms with E-state index in [1.165, 1.54) is 12.1 Å². The molecule has 0 saturated carbocycles. The van der Waals surface area contributed by atoms with Gasteiger partial charge in [-0.2, -0.15) is 0 Å². The molecule has 0 aliphatic heterocycles. The molecule has 0 aliphatic carbocycles. The average molecular weight is 391 g/mol. The molecule has 0 atom stereocenters. The van der Waals surface area contributed by atoms with Crippen LogP contribution in [0.15, 0.2) is 46.1 Å². The van der Waals surface area contributed by atoms with Gasteiger partial charge in [0.25, 0.3) is 5.56 Å². The molecule has 0 spiro atoms. The van der Waals surface area contributed by atoms with E-state index in [1.807, 2.05) is 26.0 Å². The van der Waals surface area contributed by atoms with Crippen molar-refractivity contribution in [2.75, 3.05) is 0 Å². The van der Waals surface area contributed by atoms with Gasteiger partial charge in [0, 0.05) is 17.1 Å². The Morgan fingerprint density at radius 3 is 2.46 bits per heavy atom. The number of pyridine rings is 1. The van der Waals surface area contributed by atoms with Gasteiger partial charge in [0.1, 0.15) is 0 Å². The van der Waals surface area contributed by atoms with E-state index in [-0.39, 0.29) is 17.0 Å². The normalized spacial score (nSPS) is 11.8. The smallest absolute Gasteiger partial charge is 0.252 e. The molecule has 0 saturated heterocycles. The SMILES string of the molecule is Cc1cc(C)c2[nH]c(=O)c(CNS(=O)(=O)c3ccc(C)c(Cl)c3)cc2c1. The van der Waals surface area contributed by atoms with Gasteiger partial charge in [0.2, 0.25) is 10.0 Å². The lowest BCUT2D eigenvalue weighted by atomic mass is 10.1. The first-order valence-corrected chi connectivity index (χ1v) is 9.92. The number of nitrogens with one attached hydrogen (secondary N) is 2. The van der Waals surface area contributed by atoms with E-state index < -0.39 is 10.0 Å². The summed E-state index contributed by atoms with van der Waals surface area (Å²) in [4.78, 5) is 15.2. The molecule has 3 aromatic rings. The third-order valence-electron chi connectivity index (χ3n) is 4.28. The maximum absolute atomic E-state index is 12.5. The van der Waals surface area contributed by atoms with Crippen molar-refractivity contribution in [1.82, 2.24) is 9.71 Å². The third kappa shape index (κ3) is 3.67. The second kappa shape index (κ2) is 6.87. The Morgan fingerprint density at radius 1 is 1.04 bits per heavy atom. The zero-order chi connectivity index (χ0) is 19.1. The summed E-state index contributed by atoms with van der Waals surface area (Å²) < 4.78 is 27.4. The summed E-state index contributed by atoms with van der Waals surface area (Å²) in [6.45, 7) is 5.59. The Hall–Kier alpha value is -2.15. The van der Waals surface area contributed by atoms with E-state index >= 15 is 0 Å². The van der Waals surface area contributed by atoms with Crippen LogP contribution in [-0.2, 0) is 16.6 Å². The molecule has 0 unspecified atom stereocenters. The minimum absolute atomic E-state index is 0.0667. The molecule has 2 N–H and O–H groups in total. The van der Waals surface area contributed by atoms with Crippen LogP contribution in [0.25, 0.3) is 10.9 Å². The van der Waals surface area contributed by atoms with Crippen molar-refractivity contribution >= 4 is 32.5 Å². The first kappa shape index (κ1) is 18.6. The summed E-state index contributed by atoms with van der Waals surface area (Å²) >= 11 is 6.01. The maximum atomic E-state index is 12.5. The van der Waals surface area contributed by atoms with Crippen molar-refractivity contribution in [3.05, 3.63) is 74.0 Å². The third-order valence-corrected chi connectivity index (χ3v) is 6.08. The zero-order valence-electron chi connectivity index (χ0n) is 14.7. The molecule has 7 heteroatoms. The van der Waals surface area contributed by atoms with Crippen LogP contribution in [0.1, 0.15) is 22.3 Å². The van der Waals surface area contributed by atoms with E-state index in [1.54, 1.807) is 19.1 Å². The lowest BCUT2D eigenvalue weighted by Gasteiger charge is -2.10. The number of aryl methyl sites for hydroxylation is 3. The molecule has 26 heavy (non-hydrogen) atoms. The van der Waals surface area contributed by atoms with E-state index in [2.05, 4.69) is 9.71 Å². The Kier molecular flexibility index (Phi) is 4.92. The fourth-order valence-electron chi connectivity index (χ4n) is 2.86. The Morgan fingerprint density at radius 2 is 1.77 bits per heavy atom. The predicted octanol–water partition coefficient (Wildman–Crippen LogP) is 3.59. The van der Waals surface area contributed by atoms with Crippen LogP contribution in [0.2, 0.25) is 5.02 Å². The lowest BCUT2D eigenvalue weighted by molar-refractivity contribution is 0.581. The van der Waals surface area contributed by atoms with E-state index in [0.717, 1.165) is 27.6 Å². The molecule has 3 rings (SSSR count). The summed E-state index contributed by atoms with van der Waals surface area (Å²) in [5.74, 6) is 0. The number of benzene rings is 2. The van der Waals surface area contributed by atoms with Crippen LogP contribution >= 0.6 is 11.6 Å². The summed E-state index contributed by atoms with van der Waals surface area (Å²) in [6.07, 6.45) is 0. The topological polar surface area (TPSA) is 79.0 Å². The Balaban J connectivity index is 1.92. The van der Waals surface area contributed by atoms with Crippen LogP contribution in [0.5, 0.6) is 0 Å². The van der Waals surface area contributed by atoms with Crippen molar-refractivity contribution < 1.29 is 8.42 Å². The minimum Gasteiger partial charge on any atom is -0.321 e. The van der Waals surface area contributed by atoms with Crippen LogP contribution in [0, 0.1) is 20.8 Å². The molecule has 2 aromatic carbocycles. The van der Waals surface area contributed by atoms with Gasteiger partial charge in [-0.3, -0.25) is 4.79 Å². The van der Waals surface area contributed by atoms with Gasteiger partial charge >= 0.3 is 0 Å². The number of halogens is 1. The zero-order valence-corrected chi connectivity index (χ0v) is 16.3. The standard InChI is InChI=1S/C19H19ClN2O3S/c1-11-6-13(3)18-14(7-11)8-15(19(23)22-18)10-21-26(24,25)16-5-4-12(2)17(20)9-16/h4-9,21H,10H2,1-3H3,(H,22,23). The van der Waals surface area contributed by atoms with Crippen molar-refractivity contribution in [3.8, 4) is 0 Å². The molecule has 1 aromatic heterocycles. The van der Waals surface area contributed by atoms with Crippen molar-refractivity contribution in [2.24, 2.45) is 0 Å². The average Bonchev–Trinajstić information content (AvgIpc) is 2.56. The van der Waals surface area contributed by atoms with Crippen LogP contribution < -0.4 is 10.3 Å². The largest absolute Gasteiger partial charge is 0.321 e. The fourth-order valence-corrected chi connectivity index (χ4v) is 4.14. The highest BCUT2D eigenvalue weighted by atomic mass is 35.5. The van der Waals surface area contributed by atoms with Crippen molar-refractivity contribution in [1.29, 1.82) is 0 Å². The molecule has 136 valence electrons. The number of rotatable bonds is 4.